The van der Waals surface area contributed by atoms with Crippen molar-refractivity contribution in [3.05, 3.63) is 150 Å². The summed E-state index contributed by atoms with van der Waals surface area (Å²) in [7, 11) is 0. The number of hydrogen-bond acceptors (Lipinski definition) is 4. The van der Waals surface area contributed by atoms with Crippen molar-refractivity contribution in [3.8, 4) is 56.3 Å². The Morgan fingerprint density at radius 3 is 1.86 bits per heavy atom. The van der Waals surface area contributed by atoms with Crippen LogP contribution in [0.3, 0.4) is 0 Å². The molecule has 0 spiro atoms. The molecular weight excluding hydrogens is 836 g/mol. The molecule has 0 radical (unpaired) electrons. The summed E-state index contributed by atoms with van der Waals surface area (Å²) >= 11 is 0.0859. The van der Waals surface area contributed by atoms with Gasteiger partial charge in [0.25, 0.3) is 0 Å². The Labute approximate surface area is 378 Å². The van der Waals surface area contributed by atoms with Crippen LogP contribution in [-0.2, 0) is 21.7 Å². The molecule has 0 bridgehead atoms. The first-order valence-corrected chi connectivity index (χ1v) is 23.8. The second-order valence-corrected chi connectivity index (χ2v) is 23.5. The zero-order valence-corrected chi connectivity index (χ0v) is 40.5. The molecule has 63 heavy (non-hydrogen) atoms. The minimum absolute atomic E-state index is 0.0700. The Bertz CT molecular complexity index is 3220. The number of hydrogen-bond donors (Lipinski definition) is 1. The quantitative estimate of drug-likeness (QED) is 0.175. The van der Waals surface area contributed by atoms with Crippen LogP contribution in [0.1, 0.15) is 105 Å². The van der Waals surface area contributed by atoms with Gasteiger partial charge < -0.3 is 0 Å². The van der Waals surface area contributed by atoms with Crippen molar-refractivity contribution < 1.29 is 5.11 Å². The van der Waals surface area contributed by atoms with Crippen LogP contribution in [0.4, 0.5) is 0 Å². The van der Waals surface area contributed by atoms with Gasteiger partial charge in [0.05, 0.1) is 0 Å². The van der Waals surface area contributed by atoms with Gasteiger partial charge in [0.15, 0.2) is 0 Å². The summed E-state index contributed by atoms with van der Waals surface area (Å²) in [4.78, 5) is 15.5. The summed E-state index contributed by atoms with van der Waals surface area (Å²) in [5, 5.41) is 13.8. The Morgan fingerprint density at radius 2 is 1.16 bits per heavy atom. The van der Waals surface area contributed by atoms with Crippen LogP contribution in [0.2, 0.25) is 0 Å². The van der Waals surface area contributed by atoms with E-state index in [2.05, 4.69) is 209 Å². The van der Waals surface area contributed by atoms with Crippen LogP contribution in [-0.4, -0.2) is 39.1 Å². The number of para-hydroxylation sites is 1. The molecule has 318 valence electrons. The summed E-state index contributed by atoms with van der Waals surface area (Å²) < 4.78 is 4.87. The van der Waals surface area contributed by atoms with Gasteiger partial charge in [0, 0.05) is 0 Å². The predicted octanol–water partition coefficient (Wildman–Crippen LogP) is 14.7. The van der Waals surface area contributed by atoms with Gasteiger partial charge in [-0.1, -0.05) is 98.7 Å². The van der Waals surface area contributed by atoms with Gasteiger partial charge in [-0.3, -0.25) is 0 Å². The van der Waals surface area contributed by atoms with Crippen LogP contribution in [0.15, 0.2) is 128 Å². The number of aromatic hydroxyl groups is 1. The zero-order chi connectivity index (χ0) is 44.8. The van der Waals surface area contributed by atoms with Crippen molar-refractivity contribution in [2.75, 3.05) is 0 Å². The molecule has 0 aliphatic carbocycles. The van der Waals surface area contributed by atoms with Crippen LogP contribution >= 0.6 is 0 Å². The van der Waals surface area contributed by atoms with E-state index in [-0.39, 0.29) is 41.9 Å². The van der Waals surface area contributed by atoms with Gasteiger partial charge in [-0.15, -0.1) is 0 Å². The van der Waals surface area contributed by atoms with E-state index in [1.54, 1.807) is 6.33 Å². The first-order chi connectivity index (χ1) is 29.7. The second kappa shape index (κ2) is 15.2. The molecule has 0 saturated carbocycles. The van der Waals surface area contributed by atoms with Crippen molar-refractivity contribution in [1.82, 2.24) is 19.5 Å². The number of aromatic nitrogens is 4. The molecule has 6 heteroatoms. The van der Waals surface area contributed by atoms with E-state index in [9.17, 15) is 5.11 Å². The Morgan fingerprint density at radius 1 is 0.508 bits per heavy atom. The first kappa shape index (κ1) is 42.5. The summed E-state index contributed by atoms with van der Waals surface area (Å²) in [5.41, 5.74) is 14.8. The van der Waals surface area contributed by atoms with Crippen molar-refractivity contribution in [2.24, 2.45) is 0 Å². The summed E-state index contributed by atoms with van der Waals surface area (Å²) in [6, 6.07) is 44.0. The molecule has 0 saturated heterocycles. The maximum atomic E-state index is 12.6. The predicted molar refractivity (Wildman–Crippen MR) is 267 cm³/mol. The number of benzene rings is 6. The Balaban J connectivity index is 1.39. The van der Waals surface area contributed by atoms with Gasteiger partial charge in [0.2, 0.25) is 0 Å². The van der Waals surface area contributed by atoms with Crippen LogP contribution in [0.5, 0.6) is 5.75 Å². The van der Waals surface area contributed by atoms with E-state index in [1.807, 2.05) is 0 Å². The first-order valence-electron chi connectivity index (χ1n) is 22.1. The number of phenolic OH excluding ortho intramolecular Hbond substituents is 1. The molecule has 5 nitrogen and oxygen atoms in total. The molecule has 1 N–H and O–H groups in total. The molecule has 0 fully saturated rings. The van der Waals surface area contributed by atoms with E-state index < -0.39 is 0 Å². The topological polar surface area (TPSA) is 63.8 Å². The second-order valence-electron chi connectivity index (χ2n) is 21.3. The Kier molecular flexibility index (Phi) is 10.2. The average molecular weight is 894 g/mol. The van der Waals surface area contributed by atoms with E-state index in [0.29, 0.717) is 5.82 Å². The molecule has 0 unspecified atom stereocenters. The summed E-state index contributed by atoms with van der Waals surface area (Å²) in [6.07, 6.45) is 1.73. The average Bonchev–Trinajstić information content (AvgIpc) is 3.81. The van der Waals surface area contributed by atoms with Crippen LogP contribution in [0, 0.1) is 0 Å². The maximum absolute atomic E-state index is 12.6. The fourth-order valence-electron chi connectivity index (χ4n) is 8.69. The fraction of sp³-hybridized carbons (Fsp3) is 0.281. The summed E-state index contributed by atoms with van der Waals surface area (Å²) in [5.74, 6) is 0.965. The molecule has 0 atom stereocenters. The number of nitrogens with zero attached hydrogens (tertiary/aromatic N) is 4. The third kappa shape index (κ3) is 7.72. The molecule has 3 heterocycles. The Hall–Kier alpha value is -5.81. The zero-order valence-electron chi connectivity index (χ0n) is 38.8. The van der Waals surface area contributed by atoms with Crippen molar-refractivity contribution in [1.29, 1.82) is 0 Å². The van der Waals surface area contributed by atoms with E-state index in [4.69, 9.17) is 15.0 Å². The number of imidazole rings is 1. The number of fused-ring (bicyclic) bond motifs is 4. The molecular formula is C57H58N4OSe. The van der Waals surface area contributed by atoms with E-state index >= 15 is 0 Å². The normalized spacial score (nSPS) is 12.8. The van der Waals surface area contributed by atoms with Gasteiger partial charge in [-0.2, -0.15) is 0 Å². The number of rotatable bonds is 5. The minimum atomic E-state index is -0.320. The number of phenols is 1. The molecule has 6 aromatic carbocycles. The molecule has 0 aliphatic rings. The van der Waals surface area contributed by atoms with Gasteiger partial charge in [-0.05, 0) is 21.8 Å². The van der Waals surface area contributed by atoms with Gasteiger partial charge >= 0.3 is 260 Å². The summed E-state index contributed by atoms with van der Waals surface area (Å²) in [6.45, 7) is 26.8. The van der Waals surface area contributed by atoms with Crippen molar-refractivity contribution in [2.45, 2.75) is 105 Å². The molecule has 9 rings (SSSR count). The molecule has 9 aromatic rings. The van der Waals surface area contributed by atoms with Crippen molar-refractivity contribution in [3.63, 3.8) is 0 Å². The van der Waals surface area contributed by atoms with Crippen LogP contribution in [0.25, 0.3) is 81.0 Å². The van der Waals surface area contributed by atoms with Crippen molar-refractivity contribution >= 4 is 45.0 Å². The van der Waals surface area contributed by atoms with E-state index in [0.717, 1.165) is 72.4 Å². The van der Waals surface area contributed by atoms with Crippen LogP contribution < -0.4 is 0 Å². The van der Waals surface area contributed by atoms with Gasteiger partial charge in [0.1, 0.15) is 0 Å². The molecule has 0 amide bonds. The third-order valence-corrected chi connectivity index (χ3v) is 14.9. The third-order valence-electron chi connectivity index (χ3n) is 12.4. The molecule has 0 aliphatic heterocycles. The SMILES string of the molecule is CC(C)(C)c1cc(-c2cccc3c2nc(-c2cc(C(C)(C)C)cc(C(C)(C)C)c2O)n3-c2ccc(C(C)(C)C)cc2-c2ccccc2)cc(-c2ncnc3c2[se]c2ccccc23)c1. The monoisotopic (exact) mass is 894 g/mol. The standard InChI is InChI=1S/C57H58N4OSe/c1-54(2,3)37-25-26-45(42(30-37)34-19-14-13-15-20-34)61-46-23-18-22-40(49(46)60-53(61)43-31-39(56(7,8)9)32-44(51(43)62)57(10,11)12)35-27-36(29-38(28-35)55(4,5)6)48-52-50(59-33-58-48)41-21-16-17-24-47(41)63-52/h13-33,62H,1-12H3. The fourth-order valence-corrected chi connectivity index (χ4v) is 11.1. The van der Waals surface area contributed by atoms with E-state index in [1.165, 1.54) is 25.0 Å². The molecule has 3 aromatic heterocycles. The van der Waals surface area contributed by atoms with Gasteiger partial charge in [-0.25, -0.2) is 0 Å².